The Morgan fingerprint density at radius 3 is 2.77 bits per heavy atom. The van der Waals surface area contributed by atoms with Crippen LogP contribution in [0.5, 0.6) is 0 Å². The molecule has 12 heteroatoms. The summed E-state index contributed by atoms with van der Waals surface area (Å²) in [6, 6.07) is 5.84. The van der Waals surface area contributed by atoms with Crippen molar-refractivity contribution in [2.45, 2.75) is 12.7 Å². The Kier molecular flexibility index (Phi) is 6.78. The van der Waals surface area contributed by atoms with Crippen LogP contribution in [0.1, 0.15) is 15.4 Å². The van der Waals surface area contributed by atoms with Crippen molar-refractivity contribution in [2.24, 2.45) is 11.3 Å². The Morgan fingerprint density at radius 1 is 1.40 bits per heavy atom. The number of ether oxygens (including phenoxy) is 1. The molecule has 2 aliphatic rings. The highest BCUT2D eigenvalue weighted by atomic mass is 32.1. The molecule has 0 unspecified atom stereocenters. The monoisotopic (exact) mass is 447 g/mol. The molecule has 4 heterocycles. The van der Waals surface area contributed by atoms with Gasteiger partial charge in [0.05, 0.1) is 19.4 Å². The number of hydrogen-bond donors (Lipinski definition) is 2. The maximum Gasteiger partial charge on any atom is 0.490 e. The molecule has 2 aromatic heterocycles. The van der Waals surface area contributed by atoms with E-state index in [-0.39, 0.29) is 17.1 Å². The fourth-order valence-electron chi connectivity index (χ4n) is 3.61. The number of fused-ring (bicyclic) bond motifs is 1. The largest absolute Gasteiger partial charge is 0.490 e. The first-order valence-corrected chi connectivity index (χ1v) is 9.89. The zero-order valence-electron chi connectivity index (χ0n) is 15.7. The third-order valence-electron chi connectivity index (χ3n) is 5.06. The van der Waals surface area contributed by atoms with Crippen LogP contribution in [-0.2, 0) is 16.1 Å². The van der Waals surface area contributed by atoms with Crippen LogP contribution in [0, 0.1) is 11.3 Å². The lowest BCUT2D eigenvalue weighted by molar-refractivity contribution is -0.192. The highest BCUT2D eigenvalue weighted by Crippen LogP contribution is 2.41. The van der Waals surface area contributed by atoms with Gasteiger partial charge in [0.15, 0.2) is 0 Å². The Bertz CT molecular complexity index is 844. The summed E-state index contributed by atoms with van der Waals surface area (Å²) >= 11 is 1.79. The number of amides is 1. The second-order valence-electron chi connectivity index (χ2n) is 7.19. The molecule has 2 fully saturated rings. The molecule has 0 aromatic carbocycles. The number of carbonyl (C=O) groups excluding carboxylic acids is 1. The number of carboxylic acid groups (broad SMARTS) is 1. The second kappa shape index (κ2) is 9.14. The van der Waals surface area contributed by atoms with E-state index < -0.39 is 12.1 Å². The summed E-state index contributed by atoms with van der Waals surface area (Å²) in [6.07, 6.45) is -3.60. The summed E-state index contributed by atoms with van der Waals surface area (Å²) in [6.45, 7) is 5.04. The van der Waals surface area contributed by atoms with Gasteiger partial charge in [-0.3, -0.25) is 9.69 Å². The fraction of sp³-hybridized carbons (Fsp3) is 0.500. The molecule has 2 aliphatic heterocycles. The maximum atomic E-state index is 12.1. The highest BCUT2D eigenvalue weighted by Gasteiger charge is 2.50. The van der Waals surface area contributed by atoms with Gasteiger partial charge in [0.25, 0.3) is 5.91 Å². The van der Waals surface area contributed by atoms with Crippen molar-refractivity contribution in [3.05, 3.63) is 40.4 Å². The third-order valence-corrected chi connectivity index (χ3v) is 5.92. The summed E-state index contributed by atoms with van der Waals surface area (Å²) in [5, 5.41) is 15.8. The van der Waals surface area contributed by atoms with Gasteiger partial charge in [-0.2, -0.15) is 13.2 Å². The molecule has 0 radical (unpaired) electrons. The zero-order chi connectivity index (χ0) is 21.8. The molecule has 0 saturated carbocycles. The van der Waals surface area contributed by atoms with E-state index in [4.69, 9.17) is 19.2 Å². The van der Waals surface area contributed by atoms with E-state index in [0.29, 0.717) is 19.1 Å². The summed E-state index contributed by atoms with van der Waals surface area (Å²) < 4.78 is 42.4. The van der Waals surface area contributed by atoms with Crippen LogP contribution in [0.4, 0.5) is 13.2 Å². The number of thiophene rings is 1. The number of carbonyl (C=O) groups is 2. The lowest BCUT2D eigenvalue weighted by Gasteiger charge is -2.27. The minimum atomic E-state index is -5.08. The molecule has 0 bridgehead atoms. The number of nitrogens with zero attached hydrogens (tertiary/aromatic N) is 2. The van der Waals surface area contributed by atoms with Gasteiger partial charge in [-0.25, -0.2) is 4.79 Å². The van der Waals surface area contributed by atoms with Crippen LogP contribution in [0.15, 0.2) is 34.3 Å². The molecule has 0 aliphatic carbocycles. The number of rotatable bonds is 5. The van der Waals surface area contributed by atoms with E-state index in [1.165, 1.54) is 11.1 Å². The van der Waals surface area contributed by atoms with Gasteiger partial charge in [-0.15, -0.1) is 11.3 Å². The van der Waals surface area contributed by atoms with Crippen molar-refractivity contribution >= 4 is 23.2 Å². The number of hydrogen-bond acceptors (Lipinski definition) is 7. The topological polar surface area (TPSA) is 105 Å². The molecule has 2 N–H and O–H groups in total. The van der Waals surface area contributed by atoms with E-state index in [0.717, 1.165) is 26.2 Å². The van der Waals surface area contributed by atoms with Gasteiger partial charge < -0.3 is 19.7 Å². The van der Waals surface area contributed by atoms with E-state index >= 15 is 0 Å². The fourth-order valence-corrected chi connectivity index (χ4v) is 4.36. The van der Waals surface area contributed by atoms with Crippen LogP contribution < -0.4 is 5.32 Å². The van der Waals surface area contributed by atoms with Gasteiger partial charge in [0.2, 0.25) is 5.76 Å². The molecule has 2 saturated heterocycles. The average molecular weight is 447 g/mol. The summed E-state index contributed by atoms with van der Waals surface area (Å²) in [4.78, 5) is 24.8. The molecular formula is C18H20F3N3O5S. The number of likely N-dealkylation sites (tertiary alicyclic amines) is 1. The normalized spacial score (nSPS) is 23.5. The molecule has 4 rings (SSSR count). The van der Waals surface area contributed by atoms with Gasteiger partial charge >= 0.3 is 12.1 Å². The third kappa shape index (κ3) is 5.37. The van der Waals surface area contributed by atoms with Gasteiger partial charge in [-0.1, -0.05) is 11.2 Å². The van der Waals surface area contributed by atoms with E-state index in [9.17, 15) is 18.0 Å². The number of nitrogens with one attached hydrogen (secondary N) is 1. The first-order valence-electron chi connectivity index (χ1n) is 9.01. The lowest BCUT2D eigenvalue weighted by Crippen LogP contribution is -2.43. The van der Waals surface area contributed by atoms with Crippen LogP contribution in [0.3, 0.4) is 0 Å². The Labute approximate surface area is 173 Å². The quantitative estimate of drug-likeness (QED) is 0.724. The second-order valence-corrected chi connectivity index (χ2v) is 8.22. The van der Waals surface area contributed by atoms with Crippen molar-refractivity contribution in [1.29, 1.82) is 0 Å². The van der Waals surface area contributed by atoms with Crippen LogP contribution in [0.2, 0.25) is 0 Å². The van der Waals surface area contributed by atoms with Gasteiger partial charge in [0.1, 0.15) is 0 Å². The highest BCUT2D eigenvalue weighted by molar-refractivity contribution is 7.09. The van der Waals surface area contributed by atoms with E-state index in [1.54, 1.807) is 17.4 Å². The van der Waals surface area contributed by atoms with Crippen molar-refractivity contribution < 1.29 is 37.1 Å². The van der Waals surface area contributed by atoms with E-state index in [1.807, 2.05) is 0 Å². The lowest BCUT2D eigenvalue weighted by atomic mass is 9.81. The van der Waals surface area contributed by atoms with Crippen molar-refractivity contribution in [3.8, 4) is 0 Å². The molecule has 164 valence electrons. The molecule has 2 aromatic rings. The molecule has 8 nitrogen and oxygen atoms in total. The SMILES string of the molecule is O=C(NC[C@]12COC[C@H]1CN(Cc1cccs1)C2)c1ccno1.O=C(O)C(F)(F)F. The minimum absolute atomic E-state index is 0.00689. The summed E-state index contributed by atoms with van der Waals surface area (Å²) in [5.74, 6) is -2.24. The minimum Gasteiger partial charge on any atom is -0.475 e. The van der Waals surface area contributed by atoms with Gasteiger partial charge in [-0.05, 0) is 11.4 Å². The number of alkyl halides is 3. The summed E-state index contributed by atoms with van der Waals surface area (Å²) in [7, 11) is 0. The van der Waals surface area contributed by atoms with E-state index in [2.05, 4.69) is 32.9 Å². The smallest absolute Gasteiger partial charge is 0.475 e. The zero-order valence-corrected chi connectivity index (χ0v) is 16.5. The number of halogens is 3. The number of aliphatic carboxylic acids is 1. The Hall–Kier alpha value is -2.44. The van der Waals surface area contributed by atoms with Crippen molar-refractivity contribution in [2.75, 3.05) is 32.8 Å². The van der Waals surface area contributed by atoms with Crippen LogP contribution >= 0.6 is 11.3 Å². The number of carboxylic acids is 1. The van der Waals surface area contributed by atoms with Crippen molar-refractivity contribution in [1.82, 2.24) is 15.4 Å². The Morgan fingerprint density at radius 2 is 2.17 bits per heavy atom. The van der Waals surface area contributed by atoms with Crippen LogP contribution in [0.25, 0.3) is 0 Å². The maximum absolute atomic E-state index is 12.1. The first kappa shape index (κ1) is 22.2. The predicted molar refractivity (Wildman–Crippen MR) is 98.9 cm³/mol. The summed E-state index contributed by atoms with van der Waals surface area (Å²) in [5.41, 5.74) is 0.00689. The molecule has 2 atom stereocenters. The molecule has 1 amide bonds. The molecule has 30 heavy (non-hydrogen) atoms. The first-order chi connectivity index (χ1) is 14.2. The van der Waals surface area contributed by atoms with Gasteiger partial charge in [0, 0.05) is 48.5 Å². The van der Waals surface area contributed by atoms with Crippen molar-refractivity contribution in [3.63, 3.8) is 0 Å². The predicted octanol–water partition coefficient (Wildman–Crippen LogP) is 2.25. The number of aromatic nitrogens is 1. The standard InChI is InChI=1S/C16H19N3O3S.C2HF3O2/c20-15(14-3-4-18-22-14)17-9-16-10-19(6-12(16)8-21-11-16)7-13-2-1-5-23-13;3-2(4,5)1(6)7/h1-5,12H,6-11H2,(H,17,20);(H,6,7)/t12-,16+;/m1./s1. The van der Waals surface area contributed by atoms with Crippen LogP contribution in [-0.4, -0.2) is 66.1 Å². The Balaban J connectivity index is 0.000000318. The molecule has 0 spiro atoms. The average Bonchev–Trinajstić information content (AvgIpc) is 3.44. The molecular weight excluding hydrogens is 427 g/mol.